The minimum absolute atomic E-state index is 0.412. The number of nitrogens with zero attached hydrogens (tertiary/aromatic N) is 1. The maximum atomic E-state index is 3.25. The lowest BCUT2D eigenvalue weighted by Gasteiger charge is -2.24. The number of allylic oxidation sites excluding steroid dienone is 3. The summed E-state index contributed by atoms with van der Waals surface area (Å²) >= 11 is 0. The molecule has 1 heterocycles. The van der Waals surface area contributed by atoms with Crippen molar-refractivity contribution < 1.29 is 0 Å². The zero-order chi connectivity index (χ0) is 8.55. The van der Waals surface area contributed by atoms with E-state index < -0.39 is 0 Å². The molecule has 2 rings (SSSR count). The van der Waals surface area contributed by atoms with Crippen LogP contribution >= 0.6 is 0 Å². The molecule has 0 saturated heterocycles. The van der Waals surface area contributed by atoms with E-state index in [1.165, 1.54) is 11.3 Å². The van der Waals surface area contributed by atoms with Gasteiger partial charge in [-0.05, 0) is 19.4 Å². The first-order chi connectivity index (χ1) is 5.79. The zero-order valence-electron chi connectivity index (χ0n) is 7.54. The van der Waals surface area contributed by atoms with Gasteiger partial charge in [-0.2, -0.15) is 0 Å². The first-order valence-electron chi connectivity index (χ1n) is 4.36. The van der Waals surface area contributed by atoms with Crippen LogP contribution < -0.4 is 5.32 Å². The maximum absolute atomic E-state index is 3.25. The number of rotatable bonds is 1. The molecule has 0 unspecified atom stereocenters. The molecule has 0 bridgehead atoms. The minimum atomic E-state index is 0.412. The quantitative estimate of drug-likeness (QED) is 0.634. The Hall–Kier alpha value is -1.18. The van der Waals surface area contributed by atoms with E-state index in [1.807, 2.05) is 6.20 Å². The van der Waals surface area contributed by atoms with Crippen LogP contribution in [-0.2, 0) is 0 Å². The van der Waals surface area contributed by atoms with Crippen molar-refractivity contribution >= 4 is 0 Å². The Labute approximate surface area is 73.3 Å². The van der Waals surface area contributed by atoms with Crippen LogP contribution in [-0.4, -0.2) is 11.1 Å². The molecule has 1 aliphatic carbocycles. The molecule has 1 N–H and O–H groups in total. The molecule has 64 valence electrons. The average Bonchev–Trinajstić information content (AvgIpc) is 2.59. The van der Waals surface area contributed by atoms with Crippen molar-refractivity contribution in [2.75, 3.05) is 0 Å². The van der Waals surface area contributed by atoms with E-state index in [4.69, 9.17) is 0 Å². The van der Waals surface area contributed by atoms with Crippen LogP contribution in [0, 0.1) is 0 Å². The molecule has 0 aromatic carbocycles. The van der Waals surface area contributed by atoms with Crippen LogP contribution in [0.3, 0.4) is 0 Å². The van der Waals surface area contributed by atoms with Gasteiger partial charge < -0.3 is 10.2 Å². The maximum Gasteiger partial charge on any atom is 0.0997 e. The topological polar surface area (TPSA) is 15.3 Å². The van der Waals surface area contributed by atoms with E-state index in [1.54, 1.807) is 0 Å². The molecular weight excluding hydrogens is 148 g/mol. The van der Waals surface area contributed by atoms with Gasteiger partial charge in [0.1, 0.15) is 0 Å². The third-order valence-electron chi connectivity index (χ3n) is 2.44. The Kier molecular flexibility index (Phi) is 1.68. The molecule has 12 heavy (non-hydrogen) atoms. The fourth-order valence-corrected chi connectivity index (χ4v) is 1.71. The number of hydrogen-bond acceptors (Lipinski definition) is 2. The van der Waals surface area contributed by atoms with E-state index in [9.17, 15) is 0 Å². The van der Waals surface area contributed by atoms with Crippen LogP contribution in [0.1, 0.15) is 20.3 Å². The van der Waals surface area contributed by atoms with Crippen LogP contribution in [0.2, 0.25) is 0 Å². The van der Waals surface area contributed by atoms with Gasteiger partial charge in [0, 0.05) is 24.5 Å². The second kappa shape index (κ2) is 2.70. The number of nitrogens with one attached hydrogen (secondary N) is 1. The fourth-order valence-electron chi connectivity index (χ4n) is 1.71. The molecular formula is C10H14N2. The molecule has 0 radical (unpaired) electrons. The Morgan fingerprint density at radius 3 is 2.92 bits per heavy atom. The largest absolute Gasteiger partial charge is 0.370 e. The second-order valence-corrected chi connectivity index (χ2v) is 3.30. The predicted molar refractivity (Wildman–Crippen MR) is 50.0 cm³/mol. The molecule has 2 aliphatic rings. The Morgan fingerprint density at radius 1 is 1.58 bits per heavy atom. The van der Waals surface area contributed by atoms with Crippen molar-refractivity contribution in [3.05, 3.63) is 35.8 Å². The molecule has 0 aromatic rings. The SMILES string of the molecule is CC1=C(N2C=CN[C@@H]2C)CC=C1. The third kappa shape index (κ3) is 1.04. The third-order valence-corrected chi connectivity index (χ3v) is 2.44. The standard InChI is InChI=1S/C10H14N2/c1-8-4-3-5-10(8)12-7-6-11-9(12)2/h3-4,6-7,9,11H,5H2,1-2H3/t9-/m0/s1. The van der Waals surface area contributed by atoms with Gasteiger partial charge in [-0.1, -0.05) is 12.2 Å². The summed E-state index contributed by atoms with van der Waals surface area (Å²) in [7, 11) is 0. The molecule has 0 saturated carbocycles. The van der Waals surface area contributed by atoms with Crippen molar-refractivity contribution in [2.24, 2.45) is 0 Å². The average molecular weight is 162 g/mol. The van der Waals surface area contributed by atoms with Crippen molar-refractivity contribution in [3.8, 4) is 0 Å². The normalized spacial score (nSPS) is 27.2. The van der Waals surface area contributed by atoms with Crippen LogP contribution in [0.5, 0.6) is 0 Å². The lowest BCUT2D eigenvalue weighted by molar-refractivity contribution is 0.358. The van der Waals surface area contributed by atoms with Gasteiger partial charge in [0.2, 0.25) is 0 Å². The minimum Gasteiger partial charge on any atom is -0.370 e. The lowest BCUT2D eigenvalue weighted by Crippen LogP contribution is -2.31. The highest BCUT2D eigenvalue weighted by Crippen LogP contribution is 2.25. The molecule has 1 atom stereocenters. The number of hydrogen-bond donors (Lipinski definition) is 1. The monoisotopic (exact) mass is 162 g/mol. The van der Waals surface area contributed by atoms with Crippen LogP contribution in [0.4, 0.5) is 0 Å². The summed E-state index contributed by atoms with van der Waals surface area (Å²) in [6.45, 7) is 4.33. The first-order valence-corrected chi connectivity index (χ1v) is 4.36. The Balaban J connectivity index is 2.20. The summed E-state index contributed by atoms with van der Waals surface area (Å²) in [5.74, 6) is 0. The summed E-state index contributed by atoms with van der Waals surface area (Å²) in [5, 5.41) is 3.25. The van der Waals surface area contributed by atoms with E-state index in [2.05, 4.69) is 42.4 Å². The van der Waals surface area contributed by atoms with Crippen molar-refractivity contribution in [3.63, 3.8) is 0 Å². The van der Waals surface area contributed by atoms with Gasteiger partial charge in [0.25, 0.3) is 0 Å². The van der Waals surface area contributed by atoms with Gasteiger partial charge in [-0.3, -0.25) is 0 Å². The molecule has 0 spiro atoms. The van der Waals surface area contributed by atoms with Gasteiger partial charge in [-0.25, -0.2) is 0 Å². The highest BCUT2D eigenvalue weighted by molar-refractivity contribution is 5.33. The zero-order valence-corrected chi connectivity index (χ0v) is 7.54. The van der Waals surface area contributed by atoms with Crippen molar-refractivity contribution in [2.45, 2.75) is 26.4 Å². The Morgan fingerprint density at radius 2 is 2.42 bits per heavy atom. The summed E-state index contributed by atoms with van der Waals surface area (Å²) in [4.78, 5) is 2.29. The van der Waals surface area contributed by atoms with Gasteiger partial charge in [0.15, 0.2) is 0 Å². The van der Waals surface area contributed by atoms with E-state index in [0.717, 1.165) is 6.42 Å². The first kappa shape index (κ1) is 7.47. The van der Waals surface area contributed by atoms with Crippen LogP contribution in [0.15, 0.2) is 35.8 Å². The molecule has 2 heteroatoms. The second-order valence-electron chi connectivity index (χ2n) is 3.30. The van der Waals surface area contributed by atoms with Gasteiger partial charge in [-0.15, -0.1) is 0 Å². The molecule has 1 aliphatic heterocycles. The van der Waals surface area contributed by atoms with E-state index in [0.29, 0.717) is 6.17 Å². The van der Waals surface area contributed by atoms with E-state index >= 15 is 0 Å². The smallest absolute Gasteiger partial charge is 0.0997 e. The molecule has 0 fully saturated rings. The summed E-state index contributed by atoms with van der Waals surface area (Å²) < 4.78 is 0. The van der Waals surface area contributed by atoms with Gasteiger partial charge >= 0.3 is 0 Å². The van der Waals surface area contributed by atoms with Crippen LogP contribution in [0.25, 0.3) is 0 Å². The molecule has 0 aromatic heterocycles. The highest BCUT2D eigenvalue weighted by Gasteiger charge is 2.19. The van der Waals surface area contributed by atoms with Crippen molar-refractivity contribution in [1.29, 1.82) is 0 Å². The molecule has 2 nitrogen and oxygen atoms in total. The lowest BCUT2D eigenvalue weighted by atomic mass is 10.2. The summed E-state index contributed by atoms with van der Waals surface area (Å²) in [6, 6.07) is 0. The summed E-state index contributed by atoms with van der Waals surface area (Å²) in [6.07, 6.45) is 9.99. The predicted octanol–water partition coefficient (Wildman–Crippen LogP) is 1.94. The molecule has 0 amide bonds. The summed E-state index contributed by atoms with van der Waals surface area (Å²) in [5.41, 5.74) is 2.80. The van der Waals surface area contributed by atoms with Crippen molar-refractivity contribution in [1.82, 2.24) is 10.2 Å². The fraction of sp³-hybridized carbons (Fsp3) is 0.400. The van der Waals surface area contributed by atoms with E-state index in [-0.39, 0.29) is 0 Å². The van der Waals surface area contributed by atoms with Gasteiger partial charge in [0.05, 0.1) is 6.17 Å². The Bertz CT molecular complexity index is 274. The highest BCUT2D eigenvalue weighted by atomic mass is 15.3.